The van der Waals surface area contributed by atoms with Gasteiger partial charge in [0.15, 0.2) is 0 Å². The van der Waals surface area contributed by atoms with E-state index in [2.05, 4.69) is 47.4 Å². The molecule has 182 valence electrons. The maximum absolute atomic E-state index is 13.8. The molecule has 4 rings (SSSR count). The van der Waals surface area contributed by atoms with Gasteiger partial charge in [0.2, 0.25) is 5.91 Å². The predicted molar refractivity (Wildman–Crippen MR) is 139 cm³/mol. The normalized spacial score (nSPS) is 15.1. The number of carbonyl (C=O) groups excluding carboxylic acids is 1. The Bertz CT molecular complexity index is 1100. The van der Waals surface area contributed by atoms with Crippen LogP contribution >= 0.6 is 0 Å². The summed E-state index contributed by atoms with van der Waals surface area (Å²) < 4.78 is 13.8. The number of nitrogens with one attached hydrogen (secondary N) is 2. The van der Waals surface area contributed by atoms with Crippen molar-refractivity contribution in [1.82, 2.24) is 9.88 Å². The summed E-state index contributed by atoms with van der Waals surface area (Å²) in [5.41, 5.74) is 5.88. The largest absolute Gasteiger partial charge is 0.361 e. The highest BCUT2D eigenvalue weighted by Gasteiger charge is 2.23. The molecule has 0 atom stereocenters. The zero-order valence-electron chi connectivity index (χ0n) is 20.6. The number of hydrogen-bond donors (Lipinski definition) is 2. The van der Waals surface area contributed by atoms with E-state index >= 15 is 0 Å². The molecule has 4 nitrogen and oxygen atoms in total. The Morgan fingerprint density at radius 3 is 2.68 bits per heavy atom. The molecule has 3 aromatic rings. The number of hydrogen-bond acceptors (Lipinski definition) is 2. The topological polar surface area (TPSA) is 48.1 Å². The molecule has 1 aliphatic heterocycles. The minimum Gasteiger partial charge on any atom is -0.361 e. The highest BCUT2D eigenvalue weighted by atomic mass is 19.1. The van der Waals surface area contributed by atoms with Crippen molar-refractivity contribution < 1.29 is 9.18 Å². The number of H-pyrrole nitrogens is 1. The van der Waals surface area contributed by atoms with E-state index in [4.69, 9.17) is 0 Å². The third-order valence-corrected chi connectivity index (χ3v) is 7.28. The molecule has 1 aromatic heterocycles. The van der Waals surface area contributed by atoms with Crippen LogP contribution in [0.2, 0.25) is 0 Å². The second-order valence-corrected chi connectivity index (χ2v) is 9.64. The molecule has 2 N–H and O–H groups in total. The van der Waals surface area contributed by atoms with Gasteiger partial charge in [-0.05, 0) is 98.1 Å². The first-order chi connectivity index (χ1) is 16.6. The zero-order valence-corrected chi connectivity index (χ0v) is 20.6. The third kappa shape index (κ3) is 6.06. The van der Waals surface area contributed by atoms with E-state index in [0.717, 1.165) is 81.2 Å². The Labute approximate surface area is 202 Å². The summed E-state index contributed by atoms with van der Waals surface area (Å²) in [5, 5.41) is 4.12. The van der Waals surface area contributed by atoms with Gasteiger partial charge in [-0.15, -0.1) is 0 Å². The van der Waals surface area contributed by atoms with Gasteiger partial charge in [-0.3, -0.25) is 4.79 Å². The lowest BCUT2D eigenvalue weighted by Gasteiger charge is -2.32. The van der Waals surface area contributed by atoms with E-state index in [1.807, 2.05) is 12.1 Å². The van der Waals surface area contributed by atoms with Crippen LogP contribution in [-0.4, -0.2) is 35.4 Å². The molecule has 1 fully saturated rings. The van der Waals surface area contributed by atoms with Crippen LogP contribution in [0.3, 0.4) is 0 Å². The number of carbonyl (C=O) groups is 1. The number of likely N-dealkylation sites (tertiary alicyclic amines) is 1. The molecule has 0 spiro atoms. The van der Waals surface area contributed by atoms with E-state index in [-0.39, 0.29) is 11.7 Å². The molecule has 5 heteroatoms. The standard InChI is InChI=1S/C29H38FN3O/c1-3-5-6-7-29(34)32-25-10-8-21(4-2)23(18-25)14-17-33-15-12-22(13-16-33)27-20-31-28-11-9-24(30)19-26(27)28/h8-11,18-20,22,31H,3-7,12-17H2,1-2H3,(H,32,34). The zero-order chi connectivity index (χ0) is 23.9. The molecule has 0 saturated carbocycles. The molecule has 0 aliphatic carbocycles. The summed E-state index contributed by atoms with van der Waals surface area (Å²) in [6, 6.07) is 11.4. The molecule has 0 bridgehead atoms. The molecular weight excluding hydrogens is 425 g/mol. The van der Waals surface area contributed by atoms with Crippen LogP contribution in [0.1, 0.15) is 75.0 Å². The first-order valence-electron chi connectivity index (χ1n) is 13.0. The number of unbranched alkanes of at least 4 members (excludes halogenated alkanes) is 2. The summed E-state index contributed by atoms with van der Waals surface area (Å²) >= 11 is 0. The van der Waals surface area contributed by atoms with Crippen LogP contribution in [-0.2, 0) is 17.6 Å². The maximum Gasteiger partial charge on any atom is 0.224 e. The molecule has 0 unspecified atom stereocenters. The number of nitrogens with zero attached hydrogens (tertiary/aromatic N) is 1. The van der Waals surface area contributed by atoms with Gasteiger partial charge in [-0.1, -0.05) is 32.8 Å². The van der Waals surface area contributed by atoms with Gasteiger partial charge < -0.3 is 15.2 Å². The molecule has 34 heavy (non-hydrogen) atoms. The minimum absolute atomic E-state index is 0.114. The van der Waals surface area contributed by atoms with Crippen LogP contribution in [0, 0.1) is 5.82 Å². The lowest BCUT2D eigenvalue weighted by Crippen LogP contribution is -2.34. The second kappa shape index (κ2) is 11.7. The lowest BCUT2D eigenvalue weighted by molar-refractivity contribution is -0.116. The molecule has 0 radical (unpaired) electrons. The molecule has 1 saturated heterocycles. The van der Waals surface area contributed by atoms with E-state index < -0.39 is 0 Å². The van der Waals surface area contributed by atoms with Crippen molar-refractivity contribution in [1.29, 1.82) is 0 Å². The monoisotopic (exact) mass is 463 g/mol. The van der Waals surface area contributed by atoms with Crippen LogP contribution in [0.5, 0.6) is 0 Å². The number of rotatable bonds is 10. The second-order valence-electron chi connectivity index (χ2n) is 9.64. The van der Waals surface area contributed by atoms with Crippen LogP contribution in [0.15, 0.2) is 42.6 Å². The Morgan fingerprint density at radius 2 is 1.91 bits per heavy atom. The lowest BCUT2D eigenvalue weighted by atomic mass is 9.89. The quantitative estimate of drug-likeness (QED) is 0.325. The first kappa shape index (κ1) is 24.5. The van der Waals surface area contributed by atoms with Gasteiger partial charge >= 0.3 is 0 Å². The van der Waals surface area contributed by atoms with E-state index in [1.54, 1.807) is 6.07 Å². The predicted octanol–water partition coefficient (Wildman–Crippen LogP) is 6.81. The summed E-state index contributed by atoms with van der Waals surface area (Å²) in [6.07, 6.45) is 10.0. The van der Waals surface area contributed by atoms with Crippen LogP contribution in [0.4, 0.5) is 10.1 Å². The fraction of sp³-hybridized carbons (Fsp3) is 0.483. The van der Waals surface area contributed by atoms with Crippen molar-refractivity contribution in [3.63, 3.8) is 0 Å². The van der Waals surface area contributed by atoms with Gasteiger partial charge in [0, 0.05) is 35.8 Å². The number of amides is 1. The van der Waals surface area contributed by atoms with Crippen LogP contribution in [0.25, 0.3) is 10.9 Å². The van der Waals surface area contributed by atoms with E-state index in [0.29, 0.717) is 12.3 Å². The van der Waals surface area contributed by atoms with E-state index in [1.165, 1.54) is 22.8 Å². The average molecular weight is 464 g/mol. The fourth-order valence-electron chi connectivity index (χ4n) is 5.24. The molecule has 2 aromatic carbocycles. The Balaban J connectivity index is 1.32. The number of aromatic nitrogens is 1. The van der Waals surface area contributed by atoms with Gasteiger partial charge in [0.25, 0.3) is 0 Å². The van der Waals surface area contributed by atoms with Crippen molar-refractivity contribution in [3.05, 3.63) is 65.1 Å². The average Bonchev–Trinajstić information content (AvgIpc) is 3.26. The third-order valence-electron chi connectivity index (χ3n) is 7.28. The van der Waals surface area contributed by atoms with Crippen molar-refractivity contribution >= 4 is 22.5 Å². The number of anilines is 1. The van der Waals surface area contributed by atoms with Crippen molar-refractivity contribution in [2.24, 2.45) is 0 Å². The number of aryl methyl sites for hydroxylation is 1. The summed E-state index contributed by atoms with van der Waals surface area (Å²) in [5.74, 6) is 0.420. The van der Waals surface area contributed by atoms with Crippen molar-refractivity contribution in [3.8, 4) is 0 Å². The minimum atomic E-state index is -0.170. The number of benzene rings is 2. The van der Waals surface area contributed by atoms with E-state index in [9.17, 15) is 9.18 Å². The summed E-state index contributed by atoms with van der Waals surface area (Å²) in [4.78, 5) is 18.1. The number of halogens is 1. The van der Waals surface area contributed by atoms with Crippen molar-refractivity contribution in [2.75, 3.05) is 25.0 Å². The molecule has 1 amide bonds. The summed E-state index contributed by atoms with van der Waals surface area (Å²) in [7, 11) is 0. The van der Waals surface area contributed by atoms with Gasteiger partial charge in [0.05, 0.1) is 0 Å². The fourth-order valence-corrected chi connectivity index (χ4v) is 5.24. The maximum atomic E-state index is 13.8. The van der Waals surface area contributed by atoms with Gasteiger partial charge in [-0.2, -0.15) is 0 Å². The number of piperidine rings is 1. The smallest absolute Gasteiger partial charge is 0.224 e. The molecular formula is C29H38FN3O. The van der Waals surface area contributed by atoms with Crippen LogP contribution < -0.4 is 5.32 Å². The SMILES string of the molecule is CCCCCC(=O)Nc1ccc(CC)c(CCN2CCC(c3c[nH]c4ccc(F)cc34)CC2)c1. The number of fused-ring (bicyclic) bond motifs is 1. The summed E-state index contributed by atoms with van der Waals surface area (Å²) in [6.45, 7) is 7.48. The number of aromatic amines is 1. The molecule has 1 aliphatic rings. The van der Waals surface area contributed by atoms with Crippen molar-refractivity contribution in [2.45, 2.75) is 71.1 Å². The molecule has 2 heterocycles. The highest BCUT2D eigenvalue weighted by Crippen LogP contribution is 2.33. The van der Waals surface area contributed by atoms with Gasteiger partial charge in [0.1, 0.15) is 5.82 Å². The first-order valence-corrected chi connectivity index (χ1v) is 13.0. The van der Waals surface area contributed by atoms with Gasteiger partial charge in [-0.25, -0.2) is 4.39 Å². The Hall–Kier alpha value is -2.66. The highest BCUT2D eigenvalue weighted by molar-refractivity contribution is 5.90. The Kier molecular flexibility index (Phi) is 8.39. The Morgan fingerprint density at radius 1 is 1.09 bits per heavy atom.